The van der Waals surface area contributed by atoms with Gasteiger partial charge in [-0.2, -0.15) is 0 Å². The molecule has 0 heterocycles. The van der Waals surface area contributed by atoms with Crippen LogP contribution < -0.4 is 10.1 Å². The van der Waals surface area contributed by atoms with E-state index in [1.165, 1.54) is 0 Å². The van der Waals surface area contributed by atoms with Gasteiger partial charge in [-0.25, -0.2) is 0 Å². The molecule has 0 spiro atoms. The average molecular weight is 369 g/mol. The molecule has 4 aromatic rings. The van der Waals surface area contributed by atoms with Crippen molar-refractivity contribution < 1.29 is 14.6 Å². The number of hydrogen-bond donors (Lipinski definition) is 2. The van der Waals surface area contributed by atoms with Gasteiger partial charge in [0.05, 0.1) is 5.56 Å². The standard InChI is InChI=1S/C24H19NO3/c26-23-15-19-9-5-4-8-18(19)14-22(23)24(27)25-20-10-12-21(13-11-20)28-16-17-6-2-1-3-7-17/h1-15,26H,16H2,(H,25,27). The fourth-order valence-corrected chi connectivity index (χ4v) is 2.98. The van der Waals surface area contributed by atoms with E-state index in [2.05, 4.69) is 5.32 Å². The largest absolute Gasteiger partial charge is 0.507 e. The van der Waals surface area contributed by atoms with Gasteiger partial charge in [0.25, 0.3) is 5.91 Å². The van der Waals surface area contributed by atoms with Crippen molar-refractivity contribution in [3.8, 4) is 11.5 Å². The lowest BCUT2D eigenvalue weighted by atomic mass is 10.1. The van der Waals surface area contributed by atoms with Crippen molar-refractivity contribution in [2.75, 3.05) is 5.32 Å². The molecule has 0 atom stereocenters. The molecule has 4 nitrogen and oxygen atoms in total. The number of aromatic hydroxyl groups is 1. The Morgan fingerprint density at radius 2 is 1.46 bits per heavy atom. The van der Waals surface area contributed by atoms with Gasteiger partial charge in [0.1, 0.15) is 18.1 Å². The van der Waals surface area contributed by atoms with E-state index in [1.54, 1.807) is 36.4 Å². The Hall–Kier alpha value is -3.79. The van der Waals surface area contributed by atoms with E-state index < -0.39 is 0 Å². The number of carbonyl (C=O) groups excluding carboxylic acids is 1. The Labute approximate surface area is 163 Å². The Morgan fingerprint density at radius 1 is 0.821 bits per heavy atom. The molecule has 1 amide bonds. The molecule has 138 valence electrons. The summed E-state index contributed by atoms with van der Waals surface area (Å²) in [5, 5.41) is 14.8. The number of fused-ring (bicyclic) bond motifs is 1. The minimum atomic E-state index is -0.360. The normalized spacial score (nSPS) is 10.6. The molecular weight excluding hydrogens is 350 g/mol. The predicted molar refractivity (Wildman–Crippen MR) is 111 cm³/mol. The third-order valence-electron chi connectivity index (χ3n) is 4.47. The molecule has 0 saturated heterocycles. The second-order valence-corrected chi connectivity index (χ2v) is 6.47. The van der Waals surface area contributed by atoms with Crippen molar-refractivity contribution in [2.45, 2.75) is 6.61 Å². The summed E-state index contributed by atoms with van der Waals surface area (Å²) in [6.45, 7) is 0.484. The molecule has 0 fully saturated rings. The first-order valence-corrected chi connectivity index (χ1v) is 8.99. The van der Waals surface area contributed by atoms with E-state index in [9.17, 15) is 9.90 Å². The predicted octanol–water partition coefficient (Wildman–Crippen LogP) is 5.38. The number of nitrogens with one attached hydrogen (secondary N) is 1. The van der Waals surface area contributed by atoms with E-state index >= 15 is 0 Å². The zero-order chi connectivity index (χ0) is 19.3. The quantitative estimate of drug-likeness (QED) is 0.497. The molecule has 2 N–H and O–H groups in total. The fourth-order valence-electron chi connectivity index (χ4n) is 2.98. The van der Waals surface area contributed by atoms with Crippen molar-refractivity contribution in [3.05, 3.63) is 102 Å². The average Bonchev–Trinajstić information content (AvgIpc) is 2.73. The number of rotatable bonds is 5. The number of phenolic OH excluding ortho intramolecular Hbond substituents is 1. The van der Waals surface area contributed by atoms with Crippen LogP contribution in [0.15, 0.2) is 91.0 Å². The lowest BCUT2D eigenvalue weighted by molar-refractivity contribution is 0.102. The van der Waals surface area contributed by atoms with Crippen LogP contribution in [0, 0.1) is 0 Å². The SMILES string of the molecule is O=C(Nc1ccc(OCc2ccccc2)cc1)c1cc2ccccc2cc1O. The topological polar surface area (TPSA) is 58.6 Å². The number of amides is 1. The number of hydrogen-bond acceptors (Lipinski definition) is 3. The third-order valence-corrected chi connectivity index (χ3v) is 4.47. The maximum Gasteiger partial charge on any atom is 0.259 e. The van der Waals surface area contributed by atoms with Gasteiger partial charge in [0, 0.05) is 5.69 Å². The zero-order valence-electron chi connectivity index (χ0n) is 15.1. The number of phenols is 1. The van der Waals surface area contributed by atoms with Crippen LogP contribution in [-0.4, -0.2) is 11.0 Å². The van der Waals surface area contributed by atoms with Crippen LogP contribution in [-0.2, 0) is 6.61 Å². The summed E-state index contributed by atoms with van der Waals surface area (Å²) in [6.07, 6.45) is 0. The maximum absolute atomic E-state index is 12.6. The van der Waals surface area contributed by atoms with Gasteiger partial charge in [0.15, 0.2) is 0 Å². The van der Waals surface area contributed by atoms with Crippen molar-refractivity contribution in [2.24, 2.45) is 0 Å². The molecule has 28 heavy (non-hydrogen) atoms. The van der Waals surface area contributed by atoms with Crippen molar-refractivity contribution in [3.63, 3.8) is 0 Å². The summed E-state index contributed by atoms with van der Waals surface area (Å²) in [5.74, 6) is 0.315. The van der Waals surface area contributed by atoms with E-state index in [-0.39, 0.29) is 17.2 Å². The minimum Gasteiger partial charge on any atom is -0.507 e. The molecule has 0 aliphatic rings. The van der Waals surface area contributed by atoms with Crippen molar-refractivity contribution >= 4 is 22.4 Å². The second kappa shape index (κ2) is 7.84. The number of benzene rings is 4. The first-order chi connectivity index (χ1) is 13.7. The van der Waals surface area contributed by atoms with Gasteiger partial charge in [-0.15, -0.1) is 0 Å². The molecule has 4 heteroatoms. The van der Waals surface area contributed by atoms with Crippen LogP contribution in [0.1, 0.15) is 15.9 Å². The van der Waals surface area contributed by atoms with Gasteiger partial charge < -0.3 is 15.2 Å². The maximum atomic E-state index is 12.6. The molecule has 0 saturated carbocycles. The Kier molecular flexibility index (Phi) is 4.93. The number of anilines is 1. The molecule has 0 bridgehead atoms. The monoisotopic (exact) mass is 369 g/mol. The molecule has 0 radical (unpaired) electrons. The third kappa shape index (κ3) is 3.96. The molecule has 4 aromatic carbocycles. The summed E-state index contributed by atoms with van der Waals surface area (Å²) in [5.41, 5.74) is 1.96. The fraction of sp³-hybridized carbons (Fsp3) is 0.0417. The summed E-state index contributed by atoms with van der Waals surface area (Å²) in [4.78, 5) is 12.6. The highest BCUT2D eigenvalue weighted by atomic mass is 16.5. The first-order valence-electron chi connectivity index (χ1n) is 8.99. The molecule has 4 rings (SSSR count). The van der Waals surface area contributed by atoms with Gasteiger partial charge in [-0.05, 0) is 52.7 Å². The van der Waals surface area contributed by atoms with Crippen molar-refractivity contribution in [1.29, 1.82) is 0 Å². The highest BCUT2D eigenvalue weighted by molar-refractivity contribution is 6.08. The molecule has 0 aromatic heterocycles. The summed E-state index contributed by atoms with van der Waals surface area (Å²) < 4.78 is 5.75. The van der Waals surface area contributed by atoms with Crippen LogP contribution in [0.3, 0.4) is 0 Å². The number of ether oxygens (including phenoxy) is 1. The molecular formula is C24H19NO3. The molecule has 0 aliphatic carbocycles. The zero-order valence-corrected chi connectivity index (χ0v) is 15.1. The van der Waals surface area contributed by atoms with Crippen LogP contribution >= 0.6 is 0 Å². The van der Waals surface area contributed by atoms with Gasteiger partial charge in [-0.3, -0.25) is 4.79 Å². The van der Waals surface area contributed by atoms with Crippen molar-refractivity contribution in [1.82, 2.24) is 0 Å². The Balaban J connectivity index is 1.44. The van der Waals surface area contributed by atoms with Gasteiger partial charge in [0.2, 0.25) is 0 Å². The highest BCUT2D eigenvalue weighted by Gasteiger charge is 2.13. The molecule has 0 unspecified atom stereocenters. The van der Waals surface area contributed by atoms with E-state index in [4.69, 9.17) is 4.74 Å². The van der Waals surface area contributed by atoms with Crippen LogP contribution in [0.4, 0.5) is 5.69 Å². The second-order valence-electron chi connectivity index (χ2n) is 6.47. The van der Waals surface area contributed by atoms with Crippen LogP contribution in [0.2, 0.25) is 0 Å². The summed E-state index contributed by atoms with van der Waals surface area (Å²) in [6, 6.07) is 28.0. The first kappa shape index (κ1) is 17.6. The van der Waals surface area contributed by atoms with E-state index in [0.717, 1.165) is 22.1 Å². The van der Waals surface area contributed by atoms with E-state index in [1.807, 2.05) is 54.6 Å². The van der Waals surface area contributed by atoms with Crippen LogP contribution in [0.25, 0.3) is 10.8 Å². The lowest BCUT2D eigenvalue weighted by Gasteiger charge is -2.10. The van der Waals surface area contributed by atoms with Gasteiger partial charge >= 0.3 is 0 Å². The lowest BCUT2D eigenvalue weighted by Crippen LogP contribution is -2.12. The Morgan fingerprint density at radius 3 is 2.18 bits per heavy atom. The Bertz CT molecular complexity index is 1110. The van der Waals surface area contributed by atoms with Gasteiger partial charge in [-0.1, -0.05) is 54.6 Å². The minimum absolute atomic E-state index is 0.0426. The smallest absolute Gasteiger partial charge is 0.259 e. The summed E-state index contributed by atoms with van der Waals surface area (Å²) >= 11 is 0. The molecule has 0 aliphatic heterocycles. The van der Waals surface area contributed by atoms with Crippen LogP contribution in [0.5, 0.6) is 11.5 Å². The summed E-state index contributed by atoms with van der Waals surface area (Å²) in [7, 11) is 0. The van der Waals surface area contributed by atoms with E-state index in [0.29, 0.717) is 12.3 Å². The highest BCUT2D eigenvalue weighted by Crippen LogP contribution is 2.26. The number of carbonyl (C=O) groups is 1.